The summed E-state index contributed by atoms with van der Waals surface area (Å²) >= 11 is 8.48. The van der Waals surface area contributed by atoms with E-state index in [1.54, 1.807) is 28.4 Å². The van der Waals surface area contributed by atoms with E-state index in [2.05, 4.69) is 32.1 Å². The number of aryl methyl sites for hydroxylation is 1. The number of carbonyl (C=O) groups is 4. The zero-order chi connectivity index (χ0) is 55.4. The molecular weight excluding hydrogens is 1040 g/mol. The molecule has 4 atom stereocenters. The number of fused-ring (bicyclic) bond motifs is 2. The molecule has 0 bridgehead atoms. The van der Waals surface area contributed by atoms with E-state index in [0.29, 0.717) is 66.9 Å². The van der Waals surface area contributed by atoms with Crippen molar-refractivity contribution in [2.45, 2.75) is 78.1 Å². The average Bonchev–Trinajstić information content (AvgIpc) is 4.19. The molecule has 4 aromatic carbocycles. The van der Waals surface area contributed by atoms with Crippen LogP contribution in [0.15, 0.2) is 84.9 Å². The molecule has 3 aliphatic rings. The molecule has 4 amide bonds. The van der Waals surface area contributed by atoms with Crippen LogP contribution in [-0.2, 0) is 23.9 Å². The maximum Gasteiger partial charge on any atom is 0.319 e. The van der Waals surface area contributed by atoms with E-state index in [0.717, 1.165) is 47.6 Å². The number of piperidine rings is 1. The van der Waals surface area contributed by atoms with Crippen LogP contribution in [-0.4, -0.2) is 154 Å². The first-order chi connectivity index (χ1) is 37.4. The summed E-state index contributed by atoms with van der Waals surface area (Å²) in [6.45, 7) is 16.9. The highest BCUT2D eigenvalue weighted by Crippen LogP contribution is 2.43. The highest BCUT2D eigenvalue weighted by Gasteiger charge is 2.45. The fraction of sp³-hybridized carbons (Fsp3) is 0.431. The third kappa shape index (κ3) is 12.6. The summed E-state index contributed by atoms with van der Waals surface area (Å²) in [7, 11) is 0. The SMILES string of the molecule is C=CC(=O)N1CCN(c2nc(OCCN3CCC(COCC(=O)N[C@H](C(=O)N4C[C@H](O)C[C@H]4C(=O)N[C@@H](C)c4ccc(-c5scnc5C)cc4)C(C)(C)C)CC3)nc3c(F)c(-c4cc(O)cc5ccccc45)c(Cl)cc23)CC1. The zero-order valence-corrected chi connectivity index (χ0v) is 46.2. The number of aromatic hydroxyl groups is 1. The van der Waals surface area contributed by atoms with E-state index >= 15 is 4.39 Å². The van der Waals surface area contributed by atoms with Gasteiger partial charge in [0.25, 0.3) is 0 Å². The second kappa shape index (κ2) is 24.1. The predicted molar refractivity (Wildman–Crippen MR) is 300 cm³/mol. The number of piperazine rings is 1. The van der Waals surface area contributed by atoms with Crippen molar-refractivity contribution < 1.29 is 43.3 Å². The maximum absolute atomic E-state index is 17.1. The first kappa shape index (κ1) is 56.0. The van der Waals surface area contributed by atoms with Crippen molar-refractivity contribution >= 4 is 74.1 Å². The number of amides is 4. The number of nitrogens with one attached hydrogen (secondary N) is 2. The van der Waals surface area contributed by atoms with Gasteiger partial charge >= 0.3 is 6.01 Å². The number of aliphatic hydroxyl groups excluding tert-OH is 1. The fourth-order valence-electron chi connectivity index (χ4n) is 10.7. The fourth-order valence-corrected chi connectivity index (χ4v) is 11.8. The number of phenolic OH excluding ortho intramolecular Hbond substituents is 1. The molecule has 0 saturated carbocycles. The summed E-state index contributed by atoms with van der Waals surface area (Å²) in [6.07, 6.45) is 2.07. The number of halogens is 2. The van der Waals surface area contributed by atoms with Crippen molar-refractivity contribution in [3.05, 3.63) is 107 Å². The number of thiazole rings is 1. The number of carbonyl (C=O) groups excluding carboxylic acids is 4. The van der Waals surface area contributed by atoms with Gasteiger partial charge in [-0.25, -0.2) is 9.37 Å². The lowest BCUT2D eigenvalue weighted by atomic mass is 9.85. The molecule has 3 aliphatic heterocycles. The van der Waals surface area contributed by atoms with E-state index in [-0.39, 0.29) is 77.8 Å². The molecule has 6 aromatic rings. The minimum Gasteiger partial charge on any atom is -0.508 e. The van der Waals surface area contributed by atoms with Gasteiger partial charge in [0.15, 0.2) is 5.82 Å². The van der Waals surface area contributed by atoms with Gasteiger partial charge in [-0.15, -0.1) is 11.3 Å². The Kier molecular flexibility index (Phi) is 17.3. The highest BCUT2D eigenvalue weighted by molar-refractivity contribution is 7.13. The summed E-state index contributed by atoms with van der Waals surface area (Å²) in [5.74, 6) is -1.57. The van der Waals surface area contributed by atoms with Crippen molar-refractivity contribution in [1.82, 2.24) is 40.3 Å². The van der Waals surface area contributed by atoms with Gasteiger partial charge in [0.2, 0.25) is 23.6 Å². The third-order valence-corrected chi connectivity index (χ3v) is 16.3. The van der Waals surface area contributed by atoms with Gasteiger partial charge in [0, 0.05) is 56.6 Å². The molecule has 0 unspecified atom stereocenters. The second-order valence-electron chi connectivity index (χ2n) is 21.5. The quantitative estimate of drug-likeness (QED) is 0.0648. The average molecular weight is 1100 g/mol. The predicted octanol–water partition coefficient (Wildman–Crippen LogP) is 7.69. The van der Waals surface area contributed by atoms with Gasteiger partial charge < -0.3 is 45.0 Å². The Bertz CT molecular complexity index is 3190. The Morgan fingerprint density at radius 2 is 1.71 bits per heavy atom. The van der Waals surface area contributed by atoms with Crippen molar-refractivity contribution in [2.24, 2.45) is 11.3 Å². The number of ether oxygens (including phenoxy) is 2. The van der Waals surface area contributed by atoms with Crippen LogP contribution in [0, 0.1) is 24.1 Å². The molecule has 412 valence electrons. The number of phenols is 1. The number of hydrogen-bond acceptors (Lipinski definition) is 14. The number of likely N-dealkylation sites (tertiary alicyclic amines) is 2. The van der Waals surface area contributed by atoms with E-state index in [9.17, 15) is 29.4 Å². The topological polar surface area (TPSA) is 203 Å². The minimum atomic E-state index is -0.989. The summed E-state index contributed by atoms with van der Waals surface area (Å²) in [6, 6.07) is 17.7. The lowest BCUT2D eigenvalue weighted by Gasteiger charge is -2.35. The van der Waals surface area contributed by atoms with Gasteiger partial charge in [-0.05, 0) is 103 Å². The molecule has 17 nitrogen and oxygen atoms in total. The van der Waals surface area contributed by atoms with Crippen molar-refractivity contribution in [3.63, 3.8) is 0 Å². The zero-order valence-electron chi connectivity index (χ0n) is 44.6. The number of β-amino-alcohol motifs (C(OH)–C–C–N with tert-alkyl or cyclic N) is 1. The molecule has 20 heteroatoms. The normalized spacial score (nSPS) is 18.3. The lowest BCUT2D eigenvalue weighted by Crippen LogP contribution is -2.58. The largest absolute Gasteiger partial charge is 0.508 e. The van der Waals surface area contributed by atoms with Gasteiger partial charge in [-0.3, -0.25) is 24.1 Å². The van der Waals surface area contributed by atoms with Gasteiger partial charge in [0.1, 0.15) is 42.4 Å². The third-order valence-electron chi connectivity index (χ3n) is 15.0. The number of anilines is 1. The van der Waals surface area contributed by atoms with Gasteiger partial charge in [0.05, 0.1) is 39.9 Å². The van der Waals surface area contributed by atoms with Crippen molar-refractivity contribution in [1.29, 1.82) is 0 Å². The van der Waals surface area contributed by atoms with Gasteiger partial charge in [-0.2, -0.15) is 9.97 Å². The summed E-state index contributed by atoms with van der Waals surface area (Å²) in [5.41, 5.74) is 4.48. The number of aliphatic hydroxyl groups is 1. The molecule has 0 aliphatic carbocycles. The standard InChI is InChI=1S/C58H67ClFN9O8S/c1-7-48(73)67-20-22-68(23-21-67)54-44-29-45(59)49(43-27-40(70)26-39-10-8-9-11-42(39)43)50(60)51(44)64-57(65-54)77-25-24-66-18-16-36(17-19-66)31-76-32-47(72)63-53(58(4,5)6)56(75)69-30-41(71)28-46(69)55(74)62-34(2)37-12-14-38(15-13-37)52-35(3)61-33-78-52/h7-15,26-27,29,33-34,36,41,46,53,70-71H,1,16-25,28,30-32H2,2-6H3,(H,62,74)(H,63,72)/t34-,41+,46-,53+/m0/s1. The summed E-state index contributed by atoms with van der Waals surface area (Å²) in [4.78, 5) is 76.0. The first-order valence-electron chi connectivity index (χ1n) is 26.5. The molecule has 78 heavy (non-hydrogen) atoms. The molecule has 0 radical (unpaired) electrons. The summed E-state index contributed by atoms with van der Waals surface area (Å²) in [5, 5.41) is 29.2. The number of hydrogen-bond donors (Lipinski definition) is 4. The number of nitrogens with zero attached hydrogens (tertiary/aromatic N) is 7. The smallest absolute Gasteiger partial charge is 0.319 e. The minimum absolute atomic E-state index is 0.00753. The molecule has 0 spiro atoms. The number of benzene rings is 4. The number of rotatable bonds is 17. The van der Waals surface area contributed by atoms with E-state index in [1.807, 2.05) is 93.6 Å². The van der Waals surface area contributed by atoms with Gasteiger partial charge in [-0.1, -0.05) is 87.5 Å². The van der Waals surface area contributed by atoms with Crippen LogP contribution in [0.2, 0.25) is 5.02 Å². The molecule has 4 N–H and O–H groups in total. The second-order valence-corrected chi connectivity index (χ2v) is 22.8. The van der Waals surface area contributed by atoms with Crippen LogP contribution >= 0.6 is 22.9 Å². The van der Waals surface area contributed by atoms with Crippen LogP contribution in [0.3, 0.4) is 0 Å². The Labute approximate surface area is 462 Å². The Hall–Kier alpha value is -6.77. The van der Waals surface area contributed by atoms with Crippen LogP contribution in [0.25, 0.3) is 43.2 Å². The molecule has 3 saturated heterocycles. The molecule has 2 aromatic heterocycles. The monoisotopic (exact) mass is 1100 g/mol. The van der Waals surface area contributed by atoms with E-state index in [4.69, 9.17) is 26.1 Å². The highest BCUT2D eigenvalue weighted by atomic mass is 35.5. The lowest BCUT2D eigenvalue weighted by molar-refractivity contribution is -0.144. The molecular formula is C58H67ClFN9O8S. The first-order valence-corrected chi connectivity index (χ1v) is 27.7. The Morgan fingerprint density at radius 1 is 0.974 bits per heavy atom. The van der Waals surface area contributed by atoms with Crippen molar-refractivity contribution in [3.8, 4) is 33.3 Å². The Morgan fingerprint density at radius 3 is 2.40 bits per heavy atom. The molecule has 9 rings (SSSR count). The summed E-state index contributed by atoms with van der Waals surface area (Å²) < 4.78 is 29.2. The van der Waals surface area contributed by atoms with E-state index in [1.165, 1.54) is 17.0 Å². The maximum atomic E-state index is 17.1. The van der Waals surface area contributed by atoms with Crippen LogP contribution in [0.5, 0.6) is 11.8 Å². The van der Waals surface area contributed by atoms with Crippen LogP contribution < -0.4 is 20.3 Å². The van der Waals surface area contributed by atoms with E-state index < -0.39 is 41.2 Å². The molecule has 5 heterocycles. The molecule has 3 fully saturated rings. The van der Waals surface area contributed by atoms with Crippen LogP contribution in [0.1, 0.15) is 64.3 Å². The number of aromatic nitrogens is 3. The Balaban J connectivity index is 0.778. The van der Waals surface area contributed by atoms with Crippen molar-refractivity contribution in [2.75, 3.05) is 77.1 Å². The van der Waals surface area contributed by atoms with Crippen LogP contribution in [0.4, 0.5) is 10.2 Å².